The molecule has 3 aromatic rings. The summed E-state index contributed by atoms with van der Waals surface area (Å²) in [5.74, 6) is -1.33. The number of amides is 2. The van der Waals surface area contributed by atoms with Gasteiger partial charge < -0.3 is 29.6 Å². The third kappa shape index (κ3) is 6.05. The highest BCUT2D eigenvalue weighted by atomic mass is 32.2. The summed E-state index contributed by atoms with van der Waals surface area (Å²) in [6.07, 6.45) is 1.99. The zero-order valence-corrected chi connectivity index (χ0v) is 30.9. The fourth-order valence-corrected chi connectivity index (χ4v) is 9.16. The van der Waals surface area contributed by atoms with Crippen molar-refractivity contribution < 1.29 is 27.2 Å². The molecule has 270 valence electrons. The van der Waals surface area contributed by atoms with Crippen molar-refractivity contribution in [1.82, 2.24) is 14.1 Å². The lowest BCUT2D eigenvalue weighted by molar-refractivity contribution is 0.0728. The van der Waals surface area contributed by atoms with Crippen molar-refractivity contribution in [2.24, 2.45) is 5.73 Å². The first kappa shape index (κ1) is 35.8. The molecule has 2 fully saturated rings. The molecular weight excluding hydrogens is 660 g/mol. The van der Waals surface area contributed by atoms with Gasteiger partial charge >= 0.3 is 5.63 Å². The van der Waals surface area contributed by atoms with Crippen molar-refractivity contribution >= 4 is 44.2 Å². The van der Waals surface area contributed by atoms with Crippen LogP contribution >= 0.6 is 0 Å². The van der Waals surface area contributed by atoms with E-state index in [9.17, 15) is 22.8 Å². The minimum Gasteiger partial charge on any atom is -0.422 e. The van der Waals surface area contributed by atoms with Crippen LogP contribution < -0.4 is 21.2 Å². The number of benzene rings is 2. The van der Waals surface area contributed by atoms with Crippen LogP contribution in [0.3, 0.4) is 0 Å². The van der Waals surface area contributed by atoms with Gasteiger partial charge in [0, 0.05) is 76.6 Å². The van der Waals surface area contributed by atoms with Gasteiger partial charge in [-0.1, -0.05) is 0 Å². The van der Waals surface area contributed by atoms with Crippen LogP contribution in [0.2, 0.25) is 0 Å². The van der Waals surface area contributed by atoms with Crippen molar-refractivity contribution in [3.8, 4) is 0 Å². The maximum Gasteiger partial charge on any atom is 0.341 e. The van der Waals surface area contributed by atoms with Gasteiger partial charge in [0.05, 0.1) is 41.6 Å². The van der Waals surface area contributed by atoms with Crippen LogP contribution in [0.5, 0.6) is 0 Å². The molecule has 2 N–H and O–H groups in total. The van der Waals surface area contributed by atoms with Crippen molar-refractivity contribution in [2.75, 3.05) is 77.4 Å². The molecule has 14 heteroatoms. The molecule has 3 aliphatic heterocycles. The van der Waals surface area contributed by atoms with E-state index >= 15 is 0 Å². The second-order valence-corrected chi connectivity index (χ2v) is 16.2. The number of fused-ring (bicyclic) bond motifs is 3. The lowest BCUT2D eigenvalue weighted by atomic mass is 9.92. The zero-order chi connectivity index (χ0) is 36.2. The Balaban J connectivity index is 1.41. The minimum absolute atomic E-state index is 0.0433. The number of carbonyl (C=O) groups excluding carboxylic acids is 2. The molecule has 0 bridgehead atoms. The Kier molecular flexibility index (Phi) is 9.76. The first-order valence-corrected chi connectivity index (χ1v) is 18.6. The van der Waals surface area contributed by atoms with Crippen LogP contribution in [0, 0.1) is 13.8 Å². The van der Waals surface area contributed by atoms with Crippen molar-refractivity contribution in [1.29, 1.82) is 0 Å². The molecule has 50 heavy (non-hydrogen) atoms. The molecule has 2 amide bonds. The Morgan fingerprint density at radius 3 is 2.44 bits per heavy atom. The van der Waals surface area contributed by atoms with Crippen LogP contribution in [0.25, 0.3) is 11.0 Å². The lowest BCUT2D eigenvalue weighted by Crippen LogP contribution is -2.53. The van der Waals surface area contributed by atoms with Gasteiger partial charge in [0.15, 0.2) is 0 Å². The summed E-state index contributed by atoms with van der Waals surface area (Å²) in [6.45, 7) is 9.81. The zero-order valence-electron chi connectivity index (χ0n) is 30.0. The molecule has 0 unspecified atom stereocenters. The quantitative estimate of drug-likeness (QED) is 0.346. The number of likely N-dealkylation sites (N-methyl/N-ethyl adjacent to an activating group) is 1. The molecule has 6 rings (SSSR count). The molecule has 1 aromatic heterocycles. The SMILES string of the molecule is COC[C@H]1CN(c2cc(C)c3c4c(c(=O)oc3c2C)CN(C(=O)c2ccc(C(N)=O)c(N3CCC[C@@H]3C)c2S(=O)(=O)N(C)C)CC4)CCN1C. The number of hydrogen-bond donors (Lipinski definition) is 1. The number of piperazine rings is 1. The average Bonchev–Trinajstić information content (AvgIpc) is 3.51. The highest BCUT2D eigenvalue weighted by Crippen LogP contribution is 2.40. The lowest BCUT2D eigenvalue weighted by Gasteiger charge is -2.41. The summed E-state index contributed by atoms with van der Waals surface area (Å²) in [7, 11) is 2.37. The van der Waals surface area contributed by atoms with E-state index < -0.39 is 27.5 Å². The topological polar surface area (TPSA) is 150 Å². The maximum atomic E-state index is 14.4. The number of carbonyl (C=O) groups is 2. The molecule has 2 saturated heterocycles. The summed E-state index contributed by atoms with van der Waals surface area (Å²) in [4.78, 5) is 48.5. The van der Waals surface area contributed by atoms with Crippen molar-refractivity contribution in [3.05, 3.63) is 62.0 Å². The Hall–Kier alpha value is -3.98. The third-order valence-electron chi connectivity index (χ3n) is 10.8. The number of anilines is 2. The molecule has 13 nitrogen and oxygen atoms in total. The first-order valence-electron chi connectivity index (χ1n) is 17.1. The van der Waals surface area contributed by atoms with Gasteiger partial charge in [-0.15, -0.1) is 0 Å². The van der Waals surface area contributed by atoms with E-state index in [0.29, 0.717) is 30.7 Å². The number of primary amides is 1. The molecule has 3 aliphatic rings. The Bertz CT molecular complexity index is 2030. The van der Waals surface area contributed by atoms with E-state index in [4.69, 9.17) is 14.9 Å². The molecule has 0 spiro atoms. The number of ether oxygens (including phenoxy) is 1. The predicted octanol–water partition coefficient (Wildman–Crippen LogP) is 2.71. The summed E-state index contributed by atoms with van der Waals surface area (Å²) < 4.78 is 40.5. The maximum absolute atomic E-state index is 14.4. The van der Waals surface area contributed by atoms with E-state index in [-0.39, 0.29) is 46.9 Å². The summed E-state index contributed by atoms with van der Waals surface area (Å²) in [5, 5.41) is 0.877. The van der Waals surface area contributed by atoms with Crippen LogP contribution in [0.15, 0.2) is 32.3 Å². The molecular formula is C36H48N6O7S. The first-order chi connectivity index (χ1) is 23.7. The van der Waals surface area contributed by atoms with E-state index in [1.165, 1.54) is 31.1 Å². The standard InChI is InChI=1S/C36H48N6O7S/c1-21-17-29(40-16-15-39(6)24(18-40)20-48-7)23(3)32-30(21)25-12-14-41(19-28(25)36(45)49-32)35(44)27-11-10-26(34(37)43)31(42-13-8-9-22(42)2)33(27)50(46,47)38(4)5/h10-11,17,22,24H,8-9,12-16,18-20H2,1-7H3,(H2,37,43)/t22-,24+/m0/s1. The summed E-state index contributed by atoms with van der Waals surface area (Å²) in [6, 6.07) is 5.13. The van der Waals surface area contributed by atoms with Crippen molar-refractivity contribution in [2.45, 2.75) is 63.6 Å². The minimum atomic E-state index is -4.23. The number of rotatable bonds is 8. The number of methoxy groups -OCH3 is 1. The number of nitrogens with two attached hydrogens (primary N) is 1. The third-order valence-corrected chi connectivity index (χ3v) is 12.6. The van der Waals surface area contributed by atoms with E-state index in [1.54, 1.807) is 7.11 Å². The second kappa shape index (κ2) is 13.6. The normalized spacial score (nSPS) is 20.2. The second-order valence-electron chi connectivity index (χ2n) is 14.1. The molecule has 0 aliphatic carbocycles. The van der Waals surface area contributed by atoms with Gasteiger partial charge in [-0.3, -0.25) is 14.5 Å². The van der Waals surface area contributed by atoms with Crippen molar-refractivity contribution in [3.63, 3.8) is 0 Å². The Labute approximate surface area is 293 Å². The Morgan fingerprint density at radius 2 is 1.80 bits per heavy atom. The van der Waals surface area contributed by atoms with E-state index in [1.807, 2.05) is 25.7 Å². The molecule has 0 saturated carbocycles. The Morgan fingerprint density at radius 1 is 1.08 bits per heavy atom. The number of sulfonamides is 1. The fraction of sp³-hybridized carbons (Fsp3) is 0.528. The molecule has 2 aromatic carbocycles. The molecule has 0 radical (unpaired) electrons. The number of hydrogen-bond acceptors (Lipinski definition) is 10. The number of aryl methyl sites for hydroxylation is 2. The van der Waals surface area contributed by atoms with Crippen LogP contribution in [0.4, 0.5) is 11.4 Å². The van der Waals surface area contributed by atoms with Crippen LogP contribution in [-0.2, 0) is 27.7 Å². The van der Waals surface area contributed by atoms with Gasteiger partial charge in [0.25, 0.3) is 11.8 Å². The van der Waals surface area contributed by atoms with Gasteiger partial charge in [-0.2, -0.15) is 0 Å². The smallest absolute Gasteiger partial charge is 0.341 e. The largest absolute Gasteiger partial charge is 0.422 e. The van der Waals surface area contributed by atoms with Crippen LogP contribution in [-0.4, -0.2) is 114 Å². The molecule has 4 heterocycles. The number of nitrogens with zero attached hydrogens (tertiary/aromatic N) is 5. The van der Waals surface area contributed by atoms with Crippen LogP contribution in [0.1, 0.15) is 62.7 Å². The predicted molar refractivity (Wildman–Crippen MR) is 193 cm³/mol. The van der Waals surface area contributed by atoms with Gasteiger partial charge in [-0.05, 0) is 76.4 Å². The average molecular weight is 709 g/mol. The van der Waals surface area contributed by atoms with E-state index in [2.05, 4.69) is 22.9 Å². The van der Waals surface area contributed by atoms with Gasteiger partial charge in [0.1, 0.15) is 10.5 Å². The summed E-state index contributed by atoms with van der Waals surface area (Å²) in [5.41, 5.74) is 10.1. The molecule has 2 atom stereocenters. The van der Waals surface area contributed by atoms with E-state index in [0.717, 1.165) is 64.5 Å². The summed E-state index contributed by atoms with van der Waals surface area (Å²) >= 11 is 0. The fourth-order valence-electron chi connectivity index (χ4n) is 7.89. The highest BCUT2D eigenvalue weighted by Gasteiger charge is 2.38. The monoisotopic (exact) mass is 708 g/mol. The van der Waals surface area contributed by atoms with Gasteiger partial charge in [0.2, 0.25) is 10.0 Å². The highest BCUT2D eigenvalue weighted by molar-refractivity contribution is 7.89. The van der Waals surface area contributed by atoms with Gasteiger partial charge in [-0.25, -0.2) is 17.5 Å².